The van der Waals surface area contributed by atoms with Crippen LogP contribution >= 0.6 is 0 Å². The minimum atomic E-state index is -1.64. The van der Waals surface area contributed by atoms with E-state index in [0.29, 0.717) is 48.8 Å². The molecular formula is C27H30N4O8. The van der Waals surface area contributed by atoms with Crippen molar-refractivity contribution < 1.29 is 37.7 Å². The summed E-state index contributed by atoms with van der Waals surface area (Å²) >= 11 is 0. The van der Waals surface area contributed by atoms with Crippen molar-refractivity contribution >= 4 is 28.9 Å². The minimum Gasteiger partial charge on any atom is -0.497 e. The van der Waals surface area contributed by atoms with Crippen LogP contribution in [0.2, 0.25) is 0 Å². The molecule has 2 aromatic heterocycles. The van der Waals surface area contributed by atoms with Gasteiger partial charge in [-0.2, -0.15) is 0 Å². The molecule has 5 rings (SSSR count). The summed E-state index contributed by atoms with van der Waals surface area (Å²) in [6, 6.07) is 9.75. The highest BCUT2D eigenvalue weighted by molar-refractivity contribution is 6.08. The molecule has 1 atom stereocenters. The number of aromatic nitrogens is 1. The molecule has 0 aliphatic carbocycles. The first-order chi connectivity index (χ1) is 19.0. The normalized spacial score (nSPS) is 18.8. The molecule has 206 valence electrons. The number of carbonyl (C=O) groups is 3. The van der Waals surface area contributed by atoms with Gasteiger partial charge in [0.25, 0.3) is 11.8 Å². The van der Waals surface area contributed by atoms with Gasteiger partial charge < -0.3 is 33.6 Å². The Morgan fingerprint density at radius 1 is 1.03 bits per heavy atom. The lowest BCUT2D eigenvalue weighted by Crippen LogP contribution is -2.52. The Bertz CT molecular complexity index is 1340. The Morgan fingerprint density at radius 3 is 2.59 bits per heavy atom. The number of hydrogen-bond acceptors (Lipinski definition) is 9. The molecule has 4 amide bonds. The second kappa shape index (κ2) is 11.4. The molecule has 2 aliphatic heterocycles. The fourth-order valence-corrected chi connectivity index (χ4v) is 4.76. The van der Waals surface area contributed by atoms with Gasteiger partial charge >= 0.3 is 6.03 Å². The maximum Gasteiger partial charge on any atom is 0.325 e. The Balaban J connectivity index is 1.36. The van der Waals surface area contributed by atoms with E-state index in [2.05, 4.69) is 10.3 Å². The van der Waals surface area contributed by atoms with Crippen molar-refractivity contribution in [2.45, 2.75) is 12.1 Å². The van der Waals surface area contributed by atoms with Crippen LogP contribution in [-0.2, 0) is 31.1 Å². The van der Waals surface area contributed by atoms with Crippen LogP contribution in [0.25, 0.3) is 11.1 Å². The first-order valence-corrected chi connectivity index (χ1v) is 12.6. The zero-order valence-electron chi connectivity index (χ0n) is 21.8. The van der Waals surface area contributed by atoms with Gasteiger partial charge in [0.05, 0.1) is 53.2 Å². The summed E-state index contributed by atoms with van der Waals surface area (Å²) < 4.78 is 27.1. The third-order valence-corrected chi connectivity index (χ3v) is 6.77. The van der Waals surface area contributed by atoms with Gasteiger partial charge in [-0.25, -0.2) is 4.79 Å². The molecule has 0 spiro atoms. The quantitative estimate of drug-likeness (QED) is 0.256. The van der Waals surface area contributed by atoms with Crippen LogP contribution in [0.5, 0.6) is 5.75 Å². The van der Waals surface area contributed by atoms with Gasteiger partial charge in [-0.15, -0.1) is 0 Å². The summed E-state index contributed by atoms with van der Waals surface area (Å²) in [5.74, 6) is -0.0453. The predicted molar refractivity (Wildman–Crippen MR) is 137 cm³/mol. The highest BCUT2D eigenvalue weighted by atomic mass is 16.5. The highest BCUT2D eigenvalue weighted by Crippen LogP contribution is 2.36. The number of methoxy groups -OCH3 is 2. The van der Waals surface area contributed by atoms with Crippen LogP contribution in [0.3, 0.4) is 0 Å². The van der Waals surface area contributed by atoms with Gasteiger partial charge in [0.15, 0.2) is 11.1 Å². The first-order valence-electron chi connectivity index (χ1n) is 12.6. The number of nitrogens with zero attached hydrogens (tertiary/aromatic N) is 3. The fraction of sp³-hybridized carbons (Fsp3) is 0.407. The van der Waals surface area contributed by atoms with Crippen LogP contribution in [0, 0.1) is 0 Å². The molecule has 0 bridgehead atoms. The van der Waals surface area contributed by atoms with Crippen LogP contribution in [0.15, 0.2) is 47.0 Å². The van der Waals surface area contributed by atoms with E-state index in [-0.39, 0.29) is 37.9 Å². The van der Waals surface area contributed by atoms with Crippen LogP contribution < -0.4 is 10.1 Å². The maximum absolute atomic E-state index is 13.9. The van der Waals surface area contributed by atoms with E-state index < -0.39 is 17.5 Å². The van der Waals surface area contributed by atoms with E-state index in [0.717, 1.165) is 10.5 Å². The van der Waals surface area contributed by atoms with Crippen molar-refractivity contribution in [3.8, 4) is 5.75 Å². The van der Waals surface area contributed by atoms with Crippen molar-refractivity contribution in [1.29, 1.82) is 0 Å². The number of rotatable bonds is 13. The van der Waals surface area contributed by atoms with E-state index in [1.807, 2.05) is 6.07 Å². The molecule has 0 unspecified atom stereocenters. The van der Waals surface area contributed by atoms with Gasteiger partial charge in [-0.3, -0.25) is 19.5 Å². The topological polar surface area (TPSA) is 133 Å². The van der Waals surface area contributed by atoms with Gasteiger partial charge in [0, 0.05) is 31.5 Å². The zero-order chi connectivity index (χ0) is 27.4. The lowest BCUT2D eigenvalue weighted by atomic mass is 9.95. The Kier molecular flexibility index (Phi) is 7.77. The molecule has 1 fully saturated rings. The maximum atomic E-state index is 13.9. The fourth-order valence-electron chi connectivity index (χ4n) is 4.76. The average Bonchev–Trinajstić information content (AvgIpc) is 3.59. The number of imide groups is 1. The number of fused-ring (bicyclic) bond motifs is 2. The molecule has 12 nitrogen and oxygen atoms in total. The summed E-state index contributed by atoms with van der Waals surface area (Å²) in [6.07, 6.45) is 1.61. The Labute approximate surface area is 224 Å². The Hall–Kier alpha value is -4.00. The van der Waals surface area contributed by atoms with Crippen LogP contribution in [0.4, 0.5) is 4.79 Å². The predicted octanol–water partition coefficient (Wildman–Crippen LogP) is 1.92. The van der Waals surface area contributed by atoms with Crippen molar-refractivity contribution in [3.63, 3.8) is 0 Å². The van der Waals surface area contributed by atoms with E-state index in [1.54, 1.807) is 43.6 Å². The van der Waals surface area contributed by atoms with Gasteiger partial charge in [0.1, 0.15) is 17.0 Å². The van der Waals surface area contributed by atoms with Gasteiger partial charge in [-0.1, -0.05) is 6.07 Å². The third-order valence-electron chi connectivity index (χ3n) is 6.77. The first kappa shape index (κ1) is 26.6. The number of hydrogen-bond donors (Lipinski definition) is 1. The molecule has 1 N–H and O–H groups in total. The lowest BCUT2D eigenvalue weighted by Gasteiger charge is -2.29. The molecule has 0 saturated carbocycles. The van der Waals surface area contributed by atoms with Crippen LogP contribution in [0.1, 0.15) is 21.7 Å². The summed E-state index contributed by atoms with van der Waals surface area (Å²) in [5.41, 5.74) is 0.653. The molecule has 1 saturated heterocycles. The summed E-state index contributed by atoms with van der Waals surface area (Å²) in [6.45, 7) is 1.89. The summed E-state index contributed by atoms with van der Waals surface area (Å²) in [5, 5.41) is 2.82. The average molecular weight is 539 g/mol. The number of benzene rings is 1. The second-order valence-electron chi connectivity index (χ2n) is 9.19. The van der Waals surface area contributed by atoms with E-state index in [4.69, 9.17) is 23.4 Å². The van der Waals surface area contributed by atoms with Crippen molar-refractivity contribution in [2.75, 3.05) is 60.3 Å². The molecular weight excluding hydrogens is 508 g/mol. The summed E-state index contributed by atoms with van der Waals surface area (Å²) in [7, 11) is 3.12. The van der Waals surface area contributed by atoms with E-state index in [9.17, 15) is 14.4 Å². The van der Waals surface area contributed by atoms with Gasteiger partial charge in [-0.05, 0) is 29.8 Å². The van der Waals surface area contributed by atoms with Gasteiger partial charge in [0.2, 0.25) is 0 Å². The van der Waals surface area contributed by atoms with E-state index >= 15 is 0 Å². The highest BCUT2D eigenvalue weighted by Gasteiger charge is 2.56. The van der Waals surface area contributed by atoms with Crippen molar-refractivity contribution in [1.82, 2.24) is 20.1 Å². The largest absolute Gasteiger partial charge is 0.497 e. The molecule has 12 heteroatoms. The summed E-state index contributed by atoms with van der Waals surface area (Å²) in [4.78, 5) is 47.3. The molecule has 1 aromatic carbocycles. The van der Waals surface area contributed by atoms with Crippen LogP contribution in [-0.4, -0.2) is 93.0 Å². The third kappa shape index (κ3) is 5.18. The van der Waals surface area contributed by atoms with Crippen molar-refractivity contribution in [2.24, 2.45) is 0 Å². The molecule has 39 heavy (non-hydrogen) atoms. The standard InChI is InChI=1S/C27H30N4O8/c1-35-10-11-38-13-12-37-9-8-31-25(33)27(29-26(31)34,23-15-21-22(39-23)4-3-7-28-21)17-30-16-18-5-6-19(36-2)14-20(18)24(30)32/h3-7,14-15H,8-13,16-17H2,1-2H3,(H,29,34)/t27-/m0/s1. The molecule has 4 heterocycles. The number of urea groups is 1. The molecule has 0 radical (unpaired) electrons. The number of nitrogens with one attached hydrogen (secondary N) is 1. The number of amides is 4. The monoisotopic (exact) mass is 538 g/mol. The number of furan rings is 1. The number of carbonyl (C=O) groups excluding carboxylic acids is 3. The Morgan fingerprint density at radius 2 is 1.82 bits per heavy atom. The second-order valence-corrected chi connectivity index (χ2v) is 9.19. The molecule has 2 aliphatic rings. The number of ether oxygens (including phenoxy) is 4. The smallest absolute Gasteiger partial charge is 0.325 e. The number of pyridine rings is 1. The zero-order valence-corrected chi connectivity index (χ0v) is 21.8. The lowest BCUT2D eigenvalue weighted by molar-refractivity contribution is -0.133. The molecule has 3 aromatic rings. The van der Waals surface area contributed by atoms with E-state index in [1.165, 1.54) is 12.0 Å². The minimum absolute atomic E-state index is 0.0222. The van der Waals surface area contributed by atoms with Crippen molar-refractivity contribution in [3.05, 3.63) is 59.5 Å². The SMILES string of the molecule is COCCOCCOCCN1C(=O)N[C@@](CN2Cc3ccc(OC)cc3C2=O)(c2cc3ncccc3o2)C1=O.